The summed E-state index contributed by atoms with van der Waals surface area (Å²) in [7, 11) is 1.60. The monoisotopic (exact) mass is 214 g/mol. The largest absolute Gasteiger partial charge is 0.491 e. The molecule has 0 aromatic heterocycles. The Morgan fingerprint density at radius 3 is 2.86 bits per heavy atom. The van der Waals surface area contributed by atoms with Crippen LogP contribution in [0, 0.1) is 0 Å². The molecule has 76 valence electrons. The zero-order valence-corrected chi connectivity index (χ0v) is 8.58. The molecule has 0 saturated carbocycles. The van der Waals surface area contributed by atoms with Crippen molar-refractivity contribution < 1.29 is 14.3 Å². The van der Waals surface area contributed by atoms with Crippen molar-refractivity contribution in [3.8, 4) is 5.75 Å². The van der Waals surface area contributed by atoms with Gasteiger partial charge in [-0.2, -0.15) is 0 Å². The average Bonchev–Trinajstić information content (AvgIpc) is 2.19. The maximum absolute atomic E-state index is 10.8. The van der Waals surface area contributed by atoms with Gasteiger partial charge in [0.1, 0.15) is 12.4 Å². The van der Waals surface area contributed by atoms with Gasteiger partial charge in [-0.15, -0.1) is 0 Å². The molecule has 1 aromatic rings. The number of methoxy groups -OCH3 is 1. The number of hydrogen-bond donors (Lipinski definition) is 0. The van der Waals surface area contributed by atoms with Crippen LogP contribution in [0.2, 0.25) is 0 Å². The van der Waals surface area contributed by atoms with E-state index in [0.29, 0.717) is 24.5 Å². The standard InChI is InChI=1S/C10H11ClO3/c1-13-5-6-14-9-4-2-3-8(7-9)10(11)12/h2-4,7H,5-6H2,1H3. The van der Waals surface area contributed by atoms with Gasteiger partial charge < -0.3 is 9.47 Å². The molecule has 0 saturated heterocycles. The van der Waals surface area contributed by atoms with E-state index in [4.69, 9.17) is 21.1 Å². The lowest BCUT2D eigenvalue weighted by molar-refractivity contribution is 0.108. The molecule has 0 unspecified atom stereocenters. The van der Waals surface area contributed by atoms with Crippen LogP contribution in [0.1, 0.15) is 10.4 Å². The molecule has 0 bridgehead atoms. The predicted octanol–water partition coefficient (Wildman–Crippen LogP) is 2.09. The van der Waals surface area contributed by atoms with Gasteiger partial charge in [-0.05, 0) is 29.8 Å². The smallest absolute Gasteiger partial charge is 0.252 e. The van der Waals surface area contributed by atoms with E-state index in [1.54, 1.807) is 31.4 Å². The van der Waals surface area contributed by atoms with E-state index in [-0.39, 0.29) is 0 Å². The second kappa shape index (κ2) is 5.62. The predicted molar refractivity (Wildman–Crippen MR) is 54.0 cm³/mol. The molecule has 14 heavy (non-hydrogen) atoms. The average molecular weight is 215 g/mol. The molecule has 4 heteroatoms. The van der Waals surface area contributed by atoms with Crippen LogP contribution in [-0.4, -0.2) is 25.6 Å². The van der Waals surface area contributed by atoms with Gasteiger partial charge in [0.2, 0.25) is 0 Å². The molecular formula is C10H11ClO3. The molecule has 1 aromatic carbocycles. The highest BCUT2D eigenvalue weighted by Crippen LogP contribution is 2.14. The Hall–Kier alpha value is -1.06. The molecule has 3 nitrogen and oxygen atoms in total. The van der Waals surface area contributed by atoms with E-state index in [1.165, 1.54) is 0 Å². The number of benzene rings is 1. The van der Waals surface area contributed by atoms with E-state index < -0.39 is 5.24 Å². The van der Waals surface area contributed by atoms with Gasteiger partial charge in [0.15, 0.2) is 0 Å². The third-order valence-corrected chi connectivity index (χ3v) is 1.84. The molecule has 0 aliphatic carbocycles. The first-order chi connectivity index (χ1) is 6.74. The SMILES string of the molecule is COCCOc1cccc(C(=O)Cl)c1. The fraction of sp³-hybridized carbons (Fsp3) is 0.300. The molecule has 0 heterocycles. The number of halogens is 1. The van der Waals surface area contributed by atoms with Crippen LogP contribution in [0.25, 0.3) is 0 Å². The lowest BCUT2D eigenvalue weighted by Crippen LogP contribution is -2.04. The van der Waals surface area contributed by atoms with Gasteiger partial charge in [0, 0.05) is 12.7 Å². The van der Waals surface area contributed by atoms with E-state index in [1.807, 2.05) is 0 Å². The summed E-state index contributed by atoms with van der Waals surface area (Å²) in [6.07, 6.45) is 0. The first-order valence-electron chi connectivity index (χ1n) is 4.15. The van der Waals surface area contributed by atoms with Crippen molar-refractivity contribution in [2.24, 2.45) is 0 Å². The van der Waals surface area contributed by atoms with E-state index >= 15 is 0 Å². The Morgan fingerprint density at radius 1 is 1.43 bits per heavy atom. The van der Waals surface area contributed by atoms with Crippen LogP contribution >= 0.6 is 11.6 Å². The minimum absolute atomic E-state index is 0.432. The van der Waals surface area contributed by atoms with E-state index in [2.05, 4.69) is 0 Å². The van der Waals surface area contributed by atoms with Crippen molar-refractivity contribution in [2.75, 3.05) is 20.3 Å². The fourth-order valence-corrected chi connectivity index (χ4v) is 1.07. The number of carbonyl (C=O) groups is 1. The van der Waals surface area contributed by atoms with Gasteiger partial charge in [0.05, 0.1) is 6.61 Å². The topological polar surface area (TPSA) is 35.5 Å². The summed E-state index contributed by atoms with van der Waals surface area (Å²) in [5, 5.41) is -0.484. The summed E-state index contributed by atoms with van der Waals surface area (Å²) >= 11 is 5.32. The summed E-state index contributed by atoms with van der Waals surface area (Å²) in [4.78, 5) is 10.8. The zero-order chi connectivity index (χ0) is 10.4. The molecule has 1 rings (SSSR count). The van der Waals surface area contributed by atoms with Crippen molar-refractivity contribution in [1.29, 1.82) is 0 Å². The summed E-state index contributed by atoms with van der Waals surface area (Å²) < 4.78 is 10.1. The first kappa shape index (κ1) is 11.0. The van der Waals surface area contributed by atoms with Crippen molar-refractivity contribution in [3.05, 3.63) is 29.8 Å². The third kappa shape index (κ3) is 3.36. The molecule has 0 aliphatic rings. The fourth-order valence-electron chi connectivity index (χ4n) is 0.951. The first-order valence-corrected chi connectivity index (χ1v) is 4.53. The molecule has 0 fully saturated rings. The van der Waals surface area contributed by atoms with Crippen LogP contribution in [-0.2, 0) is 4.74 Å². The molecule has 0 aliphatic heterocycles. The summed E-state index contributed by atoms with van der Waals surface area (Å²) in [5.74, 6) is 0.619. The van der Waals surface area contributed by atoms with Gasteiger partial charge in [0.25, 0.3) is 5.24 Å². The third-order valence-electron chi connectivity index (χ3n) is 1.62. The van der Waals surface area contributed by atoms with Gasteiger partial charge in [-0.25, -0.2) is 0 Å². The van der Waals surface area contributed by atoms with Crippen molar-refractivity contribution in [2.45, 2.75) is 0 Å². The molecule has 0 amide bonds. The second-order valence-corrected chi connectivity index (χ2v) is 2.99. The Bertz CT molecular complexity index is 312. The van der Waals surface area contributed by atoms with Crippen molar-refractivity contribution in [1.82, 2.24) is 0 Å². The Kier molecular flexibility index (Phi) is 4.43. The van der Waals surface area contributed by atoms with Gasteiger partial charge in [-0.3, -0.25) is 4.79 Å². The van der Waals surface area contributed by atoms with Crippen LogP contribution in [0.15, 0.2) is 24.3 Å². The lowest BCUT2D eigenvalue weighted by Gasteiger charge is -2.05. The highest BCUT2D eigenvalue weighted by molar-refractivity contribution is 6.67. The maximum Gasteiger partial charge on any atom is 0.252 e. The Labute approximate surface area is 87.6 Å². The Morgan fingerprint density at radius 2 is 2.21 bits per heavy atom. The molecule has 0 spiro atoms. The number of hydrogen-bond acceptors (Lipinski definition) is 3. The minimum atomic E-state index is -0.484. The van der Waals surface area contributed by atoms with Crippen LogP contribution < -0.4 is 4.74 Å². The number of rotatable bonds is 5. The minimum Gasteiger partial charge on any atom is -0.491 e. The molecule has 0 atom stereocenters. The Balaban J connectivity index is 2.59. The quantitative estimate of drug-likeness (QED) is 0.556. The molecule has 0 radical (unpaired) electrons. The molecule has 0 N–H and O–H groups in total. The van der Waals surface area contributed by atoms with E-state index in [9.17, 15) is 4.79 Å². The van der Waals surface area contributed by atoms with Gasteiger partial charge in [-0.1, -0.05) is 6.07 Å². The second-order valence-electron chi connectivity index (χ2n) is 2.64. The van der Waals surface area contributed by atoms with Crippen LogP contribution in [0.5, 0.6) is 5.75 Å². The van der Waals surface area contributed by atoms with Crippen molar-refractivity contribution >= 4 is 16.8 Å². The number of carbonyl (C=O) groups excluding carboxylic acids is 1. The molecular weight excluding hydrogens is 204 g/mol. The zero-order valence-electron chi connectivity index (χ0n) is 7.83. The number of ether oxygens (including phenoxy) is 2. The lowest BCUT2D eigenvalue weighted by atomic mass is 10.2. The summed E-state index contributed by atoms with van der Waals surface area (Å²) in [6, 6.07) is 6.72. The highest BCUT2D eigenvalue weighted by atomic mass is 35.5. The van der Waals surface area contributed by atoms with Gasteiger partial charge >= 0.3 is 0 Å². The highest BCUT2D eigenvalue weighted by Gasteiger charge is 2.02. The van der Waals surface area contributed by atoms with Crippen LogP contribution in [0.4, 0.5) is 0 Å². The van der Waals surface area contributed by atoms with E-state index in [0.717, 1.165) is 0 Å². The van der Waals surface area contributed by atoms with Crippen LogP contribution in [0.3, 0.4) is 0 Å². The maximum atomic E-state index is 10.8. The summed E-state index contributed by atoms with van der Waals surface area (Å²) in [6.45, 7) is 0.968. The summed E-state index contributed by atoms with van der Waals surface area (Å²) in [5.41, 5.74) is 0.432. The van der Waals surface area contributed by atoms with Crippen molar-refractivity contribution in [3.63, 3.8) is 0 Å². The normalized spacial score (nSPS) is 9.86.